The lowest BCUT2D eigenvalue weighted by Crippen LogP contribution is -2.23. The van der Waals surface area contributed by atoms with Gasteiger partial charge in [-0.25, -0.2) is 4.98 Å². The molecule has 1 amide bonds. The molecule has 0 fully saturated rings. The number of nitrogens with two attached hydrogens (primary N) is 1. The molecule has 1 aromatic heterocycles. The van der Waals surface area contributed by atoms with Crippen LogP contribution in [0.4, 0.5) is 11.4 Å². The van der Waals surface area contributed by atoms with E-state index in [4.69, 9.17) is 21.8 Å². The summed E-state index contributed by atoms with van der Waals surface area (Å²) in [6.07, 6.45) is 1.52. The van der Waals surface area contributed by atoms with Crippen molar-refractivity contribution in [2.75, 3.05) is 5.73 Å². The maximum absolute atomic E-state index is 12.0. The minimum atomic E-state index is -0.699. The van der Waals surface area contributed by atoms with Crippen molar-refractivity contribution in [3.8, 4) is 0 Å². The summed E-state index contributed by atoms with van der Waals surface area (Å²) < 4.78 is 5.19. The Balaban J connectivity index is 2.17. The number of nitro benzene ring substituents is 1. The Morgan fingerprint density at radius 2 is 2.29 bits per heavy atom. The number of aryl methyl sites for hydroxylation is 1. The second-order valence-electron chi connectivity index (χ2n) is 4.20. The van der Waals surface area contributed by atoms with Crippen molar-refractivity contribution in [1.29, 1.82) is 0 Å². The SMILES string of the molecule is Cc1cnc(CNC(=O)c2cc(Cl)c(N)c([N+](=O)[O-])c2)o1. The number of nitrogen functional groups attached to an aromatic ring is 1. The Hall–Kier alpha value is -2.61. The fourth-order valence-corrected chi connectivity index (χ4v) is 1.84. The van der Waals surface area contributed by atoms with Crippen molar-refractivity contribution in [3.63, 3.8) is 0 Å². The monoisotopic (exact) mass is 310 g/mol. The van der Waals surface area contributed by atoms with Crippen LogP contribution in [0.2, 0.25) is 5.02 Å². The number of aromatic nitrogens is 1. The van der Waals surface area contributed by atoms with Crippen LogP contribution in [0, 0.1) is 17.0 Å². The number of oxazole rings is 1. The van der Waals surface area contributed by atoms with Crippen LogP contribution >= 0.6 is 11.6 Å². The molecule has 0 radical (unpaired) electrons. The number of nitro groups is 1. The smallest absolute Gasteiger partial charge is 0.294 e. The van der Waals surface area contributed by atoms with E-state index in [1.54, 1.807) is 6.92 Å². The van der Waals surface area contributed by atoms with E-state index in [1.807, 2.05) is 0 Å². The molecule has 2 rings (SSSR count). The molecule has 0 unspecified atom stereocenters. The molecule has 1 aromatic carbocycles. The minimum Gasteiger partial charge on any atom is -0.444 e. The van der Waals surface area contributed by atoms with Crippen molar-refractivity contribution < 1.29 is 14.1 Å². The Morgan fingerprint density at radius 3 is 2.86 bits per heavy atom. The lowest BCUT2D eigenvalue weighted by Gasteiger charge is -2.05. The van der Waals surface area contributed by atoms with Gasteiger partial charge in [0.25, 0.3) is 11.6 Å². The average Bonchev–Trinajstić information content (AvgIpc) is 2.84. The molecule has 0 spiro atoms. The zero-order valence-electron chi connectivity index (χ0n) is 10.9. The van der Waals surface area contributed by atoms with Gasteiger partial charge in [0.1, 0.15) is 11.4 Å². The normalized spacial score (nSPS) is 10.4. The summed E-state index contributed by atoms with van der Waals surface area (Å²) in [5.74, 6) is 0.401. The van der Waals surface area contributed by atoms with Gasteiger partial charge in [0.2, 0.25) is 5.89 Å². The number of nitrogens with zero attached hydrogens (tertiary/aromatic N) is 2. The summed E-state index contributed by atoms with van der Waals surface area (Å²) in [6.45, 7) is 1.78. The summed E-state index contributed by atoms with van der Waals surface area (Å²) in [5.41, 5.74) is 4.93. The lowest BCUT2D eigenvalue weighted by molar-refractivity contribution is -0.383. The van der Waals surface area contributed by atoms with Gasteiger partial charge in [-0.3, -0.25) is 14.9 Å². The number of halogens is 1. The number of rotatable bonds is 4. The van der Waals surface area contributed by atoms with E-state index in [-0.39, 0.29) is 22.8 Å². The van der Waals surface area contributed by atoms with Crippen molar-refractivity contribution in [3.05, 3.63) is 50.7 Å². The molecule has 110 valence electrons. The van der Waals surface area contributed by atoms with E-state index in [9.17, 15) is 14.9 Å². The molecule has 0 aliphatic heterocycles. The highest BCUT2D eigenvalue weighted by Crippen LogP contribution is 2.30. The second-order valence-corrected chi connectivity index (χ2v) is 4.60. The standard InChI is InChI=1S/C12H11ClN4O4/c1-6-4-15-10(21-6)5-16-12(18)7-2-8(13)11(14)9(3-7)17(19)20/h2-4H,5,14H2,1H3,(H,16,18). The van der Waals surface area contributed by atoms with Gasteiger partial charge in [-0.05, 0) is 13.0 Å². The van der Waals surface area contributed by atoms with Crippen LogP contribution in [0.15, 0.2) is 22.7 Å². The van der Waals surface area contributed by atoms with E-state index >= 15 is 0 Å². The van der Waals surface area contributed by atoms with E-state index in [0.29, 0.717) is 11.7 Å². The van der Waals surface area contributed by atoms with Crippen molar-refractivity contribution in [1.82, 2.24) is 10.3 Å². The minimum absolute atomic E-state index is 0.0316. The second kappa shape index (κ2) is 5.80. The first kappa shape index (κ1) is 14.8. The molecule has 9 heteroatoms. The number of amides is 1. The van der Waals surface area contributed by atoms with Gasteiger partial charge in [-0.2, -0.15) is 0 Å². The topological polar surface area (TPSA) is 124 Å². The van der Waals surface area contributed by atoms with Crippen LogP contribution in [-0.2, 0) is 6.54 Å². The van der Waals surface area contributed by atoms with E-state index in [0.717, 1.165) is 6.07 Å². The predicted octanol–water partition coefficient (Wildman–Crippen LogP) is 2.06. The molecule has 3 N–H and O–H groups in total. The molecule has 8 nitrogen and oxygen atoms in total. The van der Waals surface area contributed by atoms with Crippen LogP contribution in [0.1, 0.15) is 22.0 Å². The average molecular weight is 311 g/mol. The van der Waals surface area contributed by atoms with Gasteiger partial charge < -0.3 is 15.5 Å². The number of anilines is 1. The largest absolute Gasteiger partial charge is 0.444 e. The van der Waals surface area contributed by atoms with Crippen LogP contribution in [0.5, 0.6) is 0 Å². The molecule has 0 saturated carbocycles. The van der Waals surface area contributed by atoms with Gasteiger partial charge in [0.05, 0.1) is 22.7 Å². The number of hydrogen-bond donors (Lipinski definition) is 2. The summed E-state index contributed by atoms with van der Waals surface area (Å²) in [4.78, 5) is 26.0. The van der Waals surface area contributed by atoms with Gasteiger partial charge in [-0.15, -0.1) is 0 Å². The Labute approximate surface area is 124 Å². The first-order chi connectivity index (χ1) is 9.88. The Bertz CT molecular complexity index is 713. The highest BCUT2D eigenvalue weighted by Gasteiger charge is 2.19. The van der Waals surface area contributed by atoms with Gasteiger partial charge >= 0.3 is 0 Å². The number of nitrogens with one attached hydrogen (secondary N) is 1. The van der Waals surface area contributed by atoms with Crippen molar-refractivity contribution >= 4 is 28.9 Å². The Kier molecular flexibility index (Phi) is 4.08. The molecule has 0 bridgehead atoms. The fourth-order valence-electron chi connectivity index (χ4n) is 1.63. The molecule has 21 heavy (non-hydrogen) atoms. The number of carbonyl (C=O) groups is 1. The van der Waals surface area contributed by atoms with E-state index in [1.165, 1.54) is 12.3 Å². The molecule has 0 saturated heterocycles. The summed E-state index contributed by atoms with van der Waals surface area (Å²) in [7, 11) is 0. The molecular formula is C12H11ClN4O4. The highest BCUT2D eigenvalue weighted by atomic mass is 35.5. The summed E-state index contributed by atoms with van der Waals surface area (Å²) in [6, 6.07) is 2.33. The predicted molar refractivity (Wildman–Crippen MR) is 74.9 cm³/mol. The Morgan fingerprint density at radius 1 is 1.57 bits per heavy atom. The fraction of sp³-hybridized carbons (Fsp3) is 0.167. The van der Waals surface area contributed by atoms with Gasteiger partial charge in [-0.1, -0.05) is 11.6 Å². The lowest BCUT2D eigenvalue weighted by atomic mass is 10.1. The van der Waals surface area contributed by atoms with Crippen molar-refractivity contribution in [2.45, 2.75) is 13.5 Å². The number of benzene rings is 1. The maximum atomic E-state index is 12.0. The number of hydrogen-bond acceptors (Lipinski definition) is 6. The van der Waals surface area contributed by atoms with Crippen molar-refractivity contribution in [2.24, 2.45) is 0 Å². The van der Waals surface area contributed by atoms with E-state index in [2.05, 4.69) is 10.3 Å². The van der Waals surface area contributed by atoms with Gasteiger partial charge in [0, 0.05) is 11.6 Å². The van der Waals surface area contributed by atoms with Crippen LogP contribution in [0.25, 0.3) is 0 Å². The maximum Gasteiger partial charge on any atom is 0.294 e. The third kappa shape index (κ3) is 3.29. The third-order valence-electron chi connectivity index (χ3n) is 2.64. The molecule has 0 aliphatic carbocycles. The molecule has 1 heterocycles. The van der Waals surface area contributed by atoms with Gasteiger partial charge in [0.15, 0.2) is 0 Å². The summed E-state index contributed by atoms with van der Waals surface area (Å²) >= 11 is 5.79. The first-order valence-electron chi connectivity index (χ1n) is 5.81. The highest BCUT2D eigenvalue weighted by molar-refractivity contribution is 6.34. The zero-order valence-corrected chi connectivity index (χ0v) is 11.7. The quantitative estimate of drug-likeness (QED) is 0.506. The number of carbonyl (C=O) groups excluding carboxylic acids is 1. The summed E-state index contributed by atoms with van der Waals surface area (Å²) in [5, 5.41) is 13.3. The molecule has 0 aliphatic rings. The molecule has 0 atom stereocenters. The van der Waals surface area contributed by atoms with Crippen LogP contribution in [-0.4, -0.2) is 15.8 Å². The first-order valence-corrected chi connectivity index (χ1v) is 6.19. The van der Waals surface area contributed by atoms with Crippen LogP contribution < -0.4 is 11.1 Å². The van der Waals surface area contributed by atoms with Crippen LogP contribution in [0.3, 0.4) is 0 Å². The molecular weight excluding hydrogens is 300 g/mol. The third-order valence-corrected chi connectivity index (χ3v) is 2.95. The van der Waals surface area contributed by atoms with E-state index < -0.39 is 16.5 Å². The zero-order chi connectivity index (χ0) is 15.6. The molecule has 2 aromatic rings.